The highest BCUT2D eigenvalue weighted by Crippen LogP contribution is 2.15. The summed E-state index contributed by atoms with van der Waals surface area (Å²) in [6, 6.07) is 2.40. The van der Waals surface area contributed by atoms with Crippen molar-refractivity contribution in [2.45, 2.75) is 19.5 Å². The van der Waals surface area contributed by atoms with Crippen molar-refractivity contribution in [2.24, 2.45) is 0 Å². The third-order valence-electron chi connectivity index (χ3n) is 2.58. The van der Waals surface area contributed by atoms with E-state index in [-0.39, 0.29) is 6.04 Å². The molecule has 5 heteroatoms. The van der Waals surface area contributed by atoms with Crippen LogP contribution in [0.25, 0.3) is 0 Å². The van der Waals surface area contributed by atoms with Crippen molar-refractivity contribution in [1.82, 2.24) is 9.55 Å². The predicted octanol–water partition coefficient (Wildman–Crippen LogP) is 2.76. The number of anilines is 1. The molecule has 0 spiro atoms. The van der Waals surface area contributed by atoms with Crippen LogP contribution in [0, 0.1) is 0 Å². The van der Waals surface area contributed by atoms with Crippen molar-refractivity contribution < 1.29 is 4.74 Å². The molecule has 2 aromatic heterocycles. The minimum Gasteiger partial charge on any atom is -0.383 e. The van der Waals surface area contributed by atoms with Gasteiger partial charge in [0.2, 0.25) is 5.95 Å². The number of methoxy groups -OCH3 is 1. The second kappa shape index (κ2) is 5.84. The Morgan fingerprint density at radius 2 is 2.47 bits per heavy atom. The van der Waals surface area contributed by atoms with E-state index in [1.54, 1.807) is 18.4 Å². The summed E-state index contributed by atoms with van der Waals surface area (Å²) in [6.07, 6.45) is 3.78. The lowest BCUT2D eigenvalue weighted by Gasteiger charge is -2.15. The van der Waals surface area contributed by atoms with E-state index in [2.05, 4.69) is 38.6 Å². The number of nitrogens with one attached hydrogen (secondary N) is 1. The maximum absolute atomic E-state index is 5.16. The molecule has 0 aromatic carbocycles. The summed E-state index contributed by atoms with van der Waals surface area (Å²) < 4.78 is 7.25. The Bertz CT molecular complexity index is 438. The Balaban J connectivity index is 1.99. The van der Waals surface area contributed by atoms with Crippen molar-refractivity contribution in [3.8, 4) is 0 Å². The monoisotopic (exact) mass is 251 g/mol. The van der Waals surface area contributed by atoms with Gasteiger partial charge in [0.15, 0.2) is 0 Å². The standard InChI is InChI=1S/C12H17N3OS/c1-10(8-16-2)15-5-4-13-12(15)14-7-11-3-6-17-9-11/h3-6,9-10H,7-8H2,1-2H3,(H,13,14). The molecule has 4 nitrogen and oxygen atoms in total. The van der Waals surface area contributed by atoms with E-state index in [1.807, 2.05) is 12.4 Å². The lowest BCUT2D eigenvalue weighted by molar-refractivity contribution is 0.163. The maximum atomic E-state index is 5.16. The number of imidazole rings is 1. The summed E-state index contributed by atoms with van der Waals surface area (Å²) in [5.74, 6) is 0.890. The Labute approximate surface area is 105 Å². The zero-order valence-corrected chi connectivity index (χ0v) is 10.9. The quantitative estimate of drug-likeness (QED) is 0.858. The van der Waals surface area contributed by atoms with Crippen molar-refractivity contribution in [3.05, 3.63) is 34.8 Å². The molecule has 0 radical (unpaired) electrons. The fourth-order valence-corrected chi connectivity index (χ4v) is 2.37. The van der Waals surface area contributed by atoms with E-state index in [4.69, 9.17) is 4.74 Å². The van der Waals surface area contributed by atoms with E-state index in [0.29, 0.717) is 6.61 Å². The molecule has 0 saturated carbocycles. The van der Waals surface area contributed by atoms with E-state index < -0.39 is 0 Å². The largest absolute Gasteiger partial charge is 0.383 e. The molecule has 0 aliphatic carbocycles. The van der Waals surface area contributed by atoms with Crippen LogP contribution in [0.1, 0.15) is 18.5 Å². The van der Waals surface area contributed by atoms with Crippen LogP contribution < -0.4 is 5.32 Å². The van der Waals surface area contributed by atoms with Gasteiger partial charge in [0, 0.05) is 26.0 Å². The molecule has 92 valence electrons. The zero-order valence-electron chi connectivity index (χ0n) is 10.1. The van der Waals surface area contributed by atoms with Gasteiger partial charge in [-0.05, 0) is 29.3 Å². The van der Waals surface area contributed by atoms with Crippen LogP contribution in [-0.4, -0.2) is 23.3 Å². The van der Waals surface area contributed by atoms with Gasteiger partial charge >= 0.3 is 0 Å². The summed E-state index contributed by atoms with van der Waals surface area (Å²) in [4.78, 5) is 4.32. The van der Waals surface area contributed by atoms with E-state index >= 15 is 0 Å². The molecule has 0 aliphatic heterocycles. The summed E-state index contributed by atoms with van der Waals surface area (Å²) >= 11 is 1.71. The van der Waals surface area contributed by atoms with Gasteiger partial charge in [-0.15, -0.1) is 0 Å². The van der Waals surface area contributed by atoms with Crippen LogP contribution in [0.15, 0.2) is 29.2 Å². The molecule has 2 aromatic rings. The first-order chi connectivity index (χ1) is 8.31. The molecule has 1 unspecified atom stereocenters. The van der Waals surface area contributed by atoms with E-state index in [0.717, 1.165) is 12.5 Å². The van der Waals surface area contributed by atoms with Gasteiger partial charge in [0.05, 0.1) is 12.6 Å². The number of thiophene rings is 1. The highest BCUT2D eigenvalue weighted by Gasteiger charge is 2.09. The topological polar surface area (TPSA) is 39.1 Å². The molecular weight excluding hydrogens is 234 g/mol. The fourth-order valence-electron chi connectivity index (χ4n) is 1.70. The Hall–Kier alpha value is -1.33. The van der Waals surface area contributed by atoms with Gasteiger partial charge in [0.25, 0.3) is 0 Å². The highest BCUT2D eigenvalue weighted by molar-refractivity contribution is 7.07. The third kappa shape index (κ3) is 3.08. The third-order valence-corrected chi connectivity index (χ3v) is 3.31. The summed E-state index contributed by atoms with van der Waals surface area (Å²) in [5.41, 5.74) is 1.28. The van der Waals surface area contributed by atoms with Gasteiger partial charge < -0.3 is 14.6 Å². The van der Waals surface area contributed by atoms with Crippen LogP contribution in [0.5, 0.6) is 0 Å². The normalized spacial score (nSPS) is 12.6. The number of rotatable bonds is 6. The van der Waals surface area contributed by atoms with Crippen molar-refractivity contribution >= 4 is 17.3 Å². The average molecular weight is 251 g/mol. The van der Waals surface area contributed by atoms with Crippen LogP contribution in [0.2, 0.25) is 0 Å². The second-order valence-electron chi connectivity index (χ2n) is 3.95. The minimum atomic E-state index is 0.285. The number of aromatic nitrogens is 2. The maximum Gasteiger partial charge on any atom is 0.203 e. The molecule has 0 bridgehead atoms. The lowest BCUT2D eigenvalue weighted by Crippen LogP contribution is -2.14. The molecule has 2 rings (SSSR count). The van der Waals surface area contributed by atoms with Crippen molar-refractivity contribution in [3.63, 3.8) is 0 Å². The number of hydrogen-bond acceptors (Lipinski definition) is 4. The first kappa shape index (κ1) is 12.1. The smallest absolute Gasteiger partial charge is 0.203 e. The van der Waals surface area contributed by atoms with Crippen LogP contribution in [-0.2, 0) is 11.3 Å². The van der Waals surface area contributed by atoms with Crippen molar-refractivity contribution in [2.75, 3.05) is 19.0 Å². The summed E-state index contributed by atoms with van der Waals surface area (Å²) in [6.45, 7) is 3.60. The number of nitrogens with zero attached hydrogens (tertiary/aromatic N) is 2. The fraction of sp³-hybridized carbons (Fsp3) is 0.417. The van der Waals surface area contributed by atoms with Gasteiger partial charge in [0.1, 0.15) is 0 Å². The molecule has 1 atom stereocenters. The molecular formula is C12H17N3OS. The number of ether oxygens (including phenoxy) is 1. The molecule has 0 fully saturated rings. The SMILES string of the molecule is COCC(C)n1ccnc1NCc1ccsc1. The Morgan fingerprint density at radius 3 is 3.18 bits per heavy atom. The molecule has 1 N–H and O–H groups in total. The van der Waals surface area contributed by atoms with Gasteiger partial charge in [-0.3, -0.25) is 0 Å². The number of hydrogen-bond donors (Lipinski definition) is 1. The molecule has 0 aliphatic rings. The van der Waals surface area contributed by atoms with Gasteiger partial charge in [-0.25, -0.2) is 4.98 Å². The van der Waals surface area contributed by atoms with Gasteiger partial charge in [-0.2, -0.15) is 11.3 Å². The highest BCUT2D eigenvalue weighted by atomic mass is 32.1. The van der Waals surface area contributed by atoms with E-state index in [1.165, 1.54) is 5.56 Å². The first-order valence-electron chi connectivity index (χ1n) is 5.58. The Morgan fingerprint density at radius 1 is 1.59 bits per heavy atom. The average Bonchev–Trinajstić information content (AvgIpc) is 2.98. The van der Waals surface area contributed by atoms with Gasteiger partial charge in [-0.1, -0.05) is 0 Å². The minimum absolute atomic E-state index is 0.285. The van der Waals surface area contributed by atoms with Crippen molar-refractivity contribution in [1.29, 1.82) is 0 Å². The summed E-state index contributed by atoms with van der Waals surface area (Å²) in [7, 11) is 1.71. The predicted molar refractivity (Wildman–Crippen MR) is 70.5 cm³/mol. The van der Waals surface area contributed by atoms with Crippen LogP contribution in [0.3, 0.4) is 0 Å². The second-order valence-corrected chi connectivity index (χ2v) is 4.73. The molecule has 0 saturated heterocycles. The first-order valence-corrected chi connectivity index (χ1v) is 6.52. The molecule has 2 heterocycles. The summed E-state index contributed by atoms with van der Waals surface area (Å²) in [5, 5.41) is 7.56. The Kier molecular flexibility index (Phi) is 4.17. The molecule has 0 amide bonds. The van der Waals surface area contributed by atoms with E-state index in [9.17, 15) is 0 Å². The zero-order chi connectivity index (χ0) is 12.1. The van der Waals surface area contributed by atoms with Crippen LogP contribution in [0.4, 0.5) is 5.95 Å². The van der Waals surface area contributed by atoms with Crippen LogP contribution >= 0.6 is 11.3 Å². The lowest BCUT2D eigenvalue weighted by atomic mass is 10.3. The molecule has 17 heavy (non-hydrogen) atoms.